The monoisotopic (exact) mass is 453 g/mol. The summed E-state index contributed by atoms with van der Waals surface area (Å²) in [5.74, 6) is 1.06. The van der Waals surface area contributed by atoms with E-state index in [2.05, 4.69) is 90.8 Å². The molecular formula is C27H39N3OS. The molecule has 3 rings (SSSR count). The third kappa shape index (κ3) is 7.36. The molecule has 1 aliphatic rings. The Hall–Kier alpha value is -1.82. The highest BCUT2D eigenvalue weighted by Gasteiger charge is 2.28. The molecule has 4 nitrogen and oxygen atoms in total. The Bertz CT molecular complexity index is 789. The fourth-order valence-electron chi connectivity index (χ4n) is 4.63. The molecule has 1 fully saturated rings. The molecule has 0 aliphatic carbocycles. The number of piperidine rings is 1. The molecule has 32 heavy (non-hydrogen) atoms. The summed E-state index contributed by atoms with van der Waals surface area (Å²) in [5.41, 5.74) is 1.42. The van der Waals surface area contributed by atoms with Gasteiger partial charge in [0.15, 0.2) is 0 Å². The summed E-state index contributed by atoms with van der Waals surface area (Å²) >= 11 is 1.82. The van der Waals surface area contributed by atoms with Gasteiger partial charge in [-0.2, -0.15) is 0 Å². The molecule has 0 spiro atoms. The molecule has 0 aromatic heterocycles. The summed E-state index contributed by atoms with van der Waals surface area (Å²) in [6, 6.07) is 21.5. The third-order valence-electron chi connectivity index (χ3n) is 6.56. The second-order valence-electron chi connectivity index (χ2n) is 8.74. The van der Waals surface area contributed by atoms with Crippen LogP contribution in [0.3, 0.4) is 0 Å². The van der Waals surface area contributed by atoms with Gasteiger partial charge in [0.2, 0.25) is 5.91 Å². The first-order chi connectivity index (χ1) is 15.6. The van der Waals surface area contributed by atoms with Crippen LogP contribution in [0, 0.1) is 5.92 Å². The van der Waals surface area contributed by atoms with Gasteiger partial charge in [-0.1, -0.05) is 48.5 Å². The summed E-state index contributed by atoms with van der Waals surface area (Å²) in [7, 11) is 2.19. The minimum absolute atomic E-state index is 0.212. The number of carbonyl (C=O) groups excluding carboxylic acids is 1. The van der Waals surface area contributed by atoms with Crippen LogP contribution in [0.4, 0.5) is 0 Å². The molecule has 1 atom stereocenters. The zero-order valence-electron chi connectivity index (χ0n) is 20.0. The van der Waals surface area contributed by atoms with Gasteiger partial charge in [0, 0.05) is 30.4 Å². The summed E-state index contributed by atoms with van der Waals surface area (Å²) in [6.45, 7) is 9.98. The summed E-state index contributed by atoms with van der Waals surface area (Å²) in [6.07, 6.45) is 3.13. The minimum Gasteiger partial charge on any atom is -0.343 e. The number of carbonyl (C=O) groups is 1. The lowest BCUT2D eigenvalue weighted by Gasteiger charge is -2.34. The Balaban J connectivity index is 1.53. The highest BCUT2D eigenvalue weighted by Crippen LogP contribution is 2.28. The van der Waals surface area contributed by atoms with Crippen LogP contribution in [0.15, 0.2) is 65.6 Å². The van der Waals surface area contributed by atoms with Gasteiger partial charge in [-0.15, -0.1) is 0 Å². The van der Waals surface area contributed by atoms with Gasteiger partial charge in [0.05, 0.1) is 0 Å². The molecule has 1 amide bonds. The van der Waals surface area contributed by atoms with Crippen LogP contribution in [-0.4, -0.2) is 66.3 Å². The van der Waals surface area contributed by atoms with Crippen molar-refractivity contribution in [1.29, 1.82) is 0 Å². The predicted octanol–water partition coefficient (Wildman–Crippen LogP) is 5.38. The maximum Gasteiger partial charge on any atom is 0.225 e. The van der Waals surface area contributed by atoms with Gasteiger partial charge in [0.1, 0.15) is 0 Å². The van der Waals surface area contributed by atoms with E-state index < -0.39 is 0 Å². The number of benzene rings is 2. The van der Waals surface area contributed by atoms with Crippen LogP contribution < -0.4 is 0 Å². The number of rotatable bonds is 11. The van der Waals surface area contributed by atoms with E-state index in [1.54, 1.807) is 0 Å². The van der Waals surface area contributed by atoms with Crippen molar-refractivity contribution in [3.8, 4) is 0 Å². The predicted molar refractivity (Wildman–Crippen MR) is 136 cm³/mol. The minimum atomic E-state index is 0.212. The molecule has 5 heteroatoms. The third-order valence-corrected chi connectivity index (χ3v) is 7.50. The Morgan fingerprint density at radius 2 is 1.59 bits per heavy atom. The molecule has 0 radical (unpaired) electrons. The average Bonchev–Trinajstić information content (AvgIpc) is 2.84. The molecule has 1 saturated heterocycles. The first-order valence-electron chi connectivity index (χ1n) is 12.1. The van der Waals surface area contributed by atoms with Gasteiger partial charge in [0.25, 0.3) is 0 Å². The maximum absolute atomic E-state index is 12.7. The number of amides is 1. The normalized spacial score (nSPS) is 16.2. The van der Waals surface area contributed by atoms with E-state index in [0.717, 1.165) is 58.5 Å². The van der Waals surface area contributed by atoms with Crippen molar-refractivity contribution in [3.05, 3.63) is 66.2 Å². The SMILES string of the molecule is CCN(CC)C(=O)C1CCN(CCC(CN(C)Sc2ccccc2)c2ccccc2)CC1. The van der Waals surface area contributed by atoms with E-state index in [9.17, 15) is 4.79 Å². The van der Waals surface area contributed by atoms with E-state index >= 15 is 0 Å². The Labute approximate surface area is 199 Å². The number of likely N-dealkylation sites (tertiary alicyclic amines) is 1. The molecule has 1 heterocycles. The van der Waals surface area contributed by atoms with Crippen LogP contribution in [0.2, 0.25) is 0 Å². The molecule has 1 unspecified atom stereocenters. The summed E-state index contributed by atoms with van der Waals surface area (Å²) in [5, 5.41) is 0. The lowest BCUT2D eigenvalue weighted by atomic mass is 9.93. The topological polar surface area (TPSA) is 26.8 Å². The Morgan fingerprint density at radius 1 is 1.00 bits per heavy atom. The van der Waals surface area contributed by atoms with Crippen molar-refractivity contribution in [1.82, 2.24) is 14.1 Å². The van der Waals surface area contributed by atoms with Crippen molar-refractivity contribution >= 4 is 17.9 Å². The Morgan fingerprint density at radius 3 is 2.19 bits per heavy atom. The van der Waals surface area contributed by atoms with E-state index in [1.165, 1.54) is 10.5 Å². The number of nitrogens with zero attached hydrogens (tertiary/aromatic N) is 3. The van der Waals surface area contributed by atoms with Crippen LogP contribution in [-0.2, 0) is 4.79 Å². The summed E-state index contributed by atoms with van der Waals surface area (Å²) < 4.78 is 2.36. The molecule has 174 valence electrons. The van der Waals surface area contributed by atoms with Crippen molar-refractivity contribution < 1.29 is 4.79 Å². The van der Waals surface area contributed by atoms with Crippen molar-refractivity contribution in [3.63, 3.8) is 0 Å². The molecule has 1 aliphatic heterocycles. The Kier molecular flexibility index (Phi) is 10.1. The van der Waals surface area contributed by atoms with E-state index in [4.69, 9.17) is 0 Å². The summed E-state index contributed by atoms with van der Waals surface area (Å²) in [4.78, 5) is 18.5. The van der Waals surface area contributed by atoms with Gasteiger partial charge >= 0.3 is 0 Å². The smallest absolute Gasteiger partial charge is 0.225 e. The average molecular weight is 454 g/mol. The van der Waals surface area contributed by atoms with Crippen LogP contribution in [0.25, 0.3) is 0 Å². The maximum atomic E-state index is 12.7. The molecule has 0 bridgehead atoms. The molecule has 2 aromatic rings. The molecule has 0 saturated carbocycles. The van der Waals surface area contributed by atoms with E-state index in [-0.39, 0.29) is 5.92 Å². The first-order valence-corrected chi connectivity index (χ1v) is 12.9. The van der Waals surface area contributed by atoms with Gasteiger partial charge < -0.3 is 9.80 Å². The van der Waals surface area contributed by atoms with Crippen LogP contribution in [0.1, 0.15) is 44.6 Å². The number of hydrogen-bond acceptors (Lipinski definition) is 4. The second-order valence-corrected chi connectivity index (χ2v) is 10.0. The number of hydrogen-bond donors (Lipinski definition) is 0. The standard InChI is InChI=1S/C27H39N3OS/c1-4-30(5-2)27(31)24-16-19-29(20-17-24)21-18-25(23-12-8-6-9-13-23)22-28(3)32-26-14-10-7-11-15-26/h6-15,24-25H,4-5,16-22H2,1-3H3. The highest BCUT2D eigenvalue weighted by atomic mass is 32.2. The number of likely N-dealkylation sites (N-methyl/N-ethyl adjacent to an activating group) is 1. The lowest BCUT2D eigenvalue weighted by Crippen LogP contribution is -2.43. The largest absolute Gasteiger partial charge is 0.343 e. The van der Waals surface area contributed by atoms with Crippen molar-refractivity contribution in [2.45, 2.75) is 43.9 Å². The van der Waals surface area contributed by atoms with Gasteiger partial charge in [-0.05, 0) is 95.4 Å². The second kappa shape index (κ2) is 13.0. The fourth-order valence-corrected chi connectivity index (χ4v) is 5.53. The molecule has 0 N–H and O–H groups in total. The van der Waals surface area contributed by atoms with Crippen molar-refractivity contribution in [2.75, 3.05) is 46.3 Å². The van der Waals surface area contributed by atoms with E-state index in [1.807, 2.05) is 16.8 Å². The first kappa shape index (κ1) is 24.8. The zero-order valence-corrected chi connectivity index (χ0v) is 20.8. The fraction of sp³-hybridized carbons (Fsp3) is 0.519. The lowest BCUT2D eigenvalue weighted by molar-refractivity contribution is -0.136. The van der Waals surface area contributed by atoms with Crippen molar-refractivity contribution in [2.24, 2.45) is 5.92 Å². The molecular weight excluding hydrogens is 414 g/mol. The quantitative estimate of drug-likeness (QED) is 0.427. The van der Waals surface area contributed by atoms with Gasteiger partial charge in [-0.3, -0.25) is 4.79 Å². The van der Waals surface area contributed by atoms with Crippen LogP contribution in [0.5, 0.6) is 0 Å². The van der Waals surface area contributed by atoms with E-state index in [0.29, 0.717) is 11.8 Å². The highest BCUT2D eigenvalue weighted by molar-refractivity contribution is 7.97. The van der Waals surface area contributed by atoms with Crippen LogP contribution >= 0.6 is 11.9 Å². The zero-order chi connectivity index (χ0) is 22.8. The van der Waals surface area contributed by atoms with Gasteiger partial charge in [-0.25, -0.2) is 4.31 Å². The molecule has 2 aromatic carbocycles.